The van der Waals surface area contributed by atoms with Crippen LogP contribution in [-0.2, 0) is 6.42 Å². The summed E-state index contributed by atoms with van der Waals surface area (Å²) in [5, 5.41) is 29.6. The molecule has 0 atom stereocenters. The van der Waals surface area contributed by atoms with E-state index in [4.69, 9.17) is 5.11 Å². The molecule has 6 nitrogen and oxygen atoms in total. The number of carbonyl (C=O) groups excluding carboxylic acids is 2. The Morgan fingerprint density at radius 2 is 1.47 bits per heavy atom. The van der Waals surface area contributed by atoms with E-state index in [-0.39, 0.29) is 40.7 Å². The molecule has 4 aromatic carbocycles. The lowest BCUT2D eigenvalue weighted by atomic mass is 9.98. The van der Waals surface area contributed by atoms with Gasteiger partial charge in [-0.05, 0) is 67.6 Å². The van der Waals surface area contributed by atoms with E-state index in [2.05, 4.69) is 0 Å². The third-order valence-electron chi connectivity index (χ3n) is 5.61. The molecule has 0 radical (unpaired) electrons. The smallest absolute Gasteiger partial charge is 0.196 e. The highest BCUT2D eigenvalue weighted by molar-refractivity contribution is 7.24. The molecule has 5 rings (SSSR count). The van der Waals surface area contributed by atoms with Crippen LogP contribution in [0.1, 0.15) is 33.2 Å². The summed E-state index contributed by atoms with van der Waals surface area (Å²) in [6.45, 7) is 1.47. The van der Waals surface area contributed by atoms with Crippen molar-refractivity contribution in [2.24, 2.45) is 0 Å². The predicted molar refractivity (Wildman–Crippen MR) is 142 cm³/mol. The summed E-state index contributed by atoms with van der Waals surface area (Å²) in [5.41, 5.74) is 1.11. The van der Waals surface area contributed by atoms with E-state index in [9.17, 15) is 24.6 Å². The normalized spacial score (nSPS) is 10.6. The van der Waals surface area contributed by atoms with Gasteiger partial charge in [-0.2, -0.15) is 0 Å². The van der Waals surface area contributed by atoms with Crippen LogP contribution >= 0.6 is 11.3 Å². The van der Waals surface area contributed by atoms with Crippen molar-refractivity contribution in [3.8, 4) is 17.2 Å². The third kappa shape index (κ3) is 5.26. The van der Waals surface area contributed by atoms with Crippen LogP contribution in [-0.4, -0.2) is 26.9 Å². The Kier molecular flexibility index (Phi) is 7.12. The lowest BCUT2D eigenvalue weighted by molar-refractivity contribution is 0.0989. The van der Waals surface area contributed by atoms with Crippen LogP contribution in [0.4, 0.5) is 0 Å². The zero-order valence-corrected chi connectivity index (χ0v) is 20.1. The van der Waals surface area contributed by atoms with Crippen molar-refractivity contribution < 1.29 is 24.9 Å². The second-order valence-corrected chi connectivity index (χ2v) is 9.20. The topological polar surface area (TPSA) is 112 Å². The Morgan fingerprint density at radius 3 is 2.14 bits per heavy atom. The molecule has 0 saturated carbocycles. The monoisotopic (exact) mass is 498 g/mol. The standard InChI is InChI=1S/C21H14O4S.C8H8O2/c22-13-7-5-12(6-8-13)17(24)11-15-16(23)9-10-19-20(15)21(25)14-3-1-2-4-18(14)26-19;1-6(9)7-3-2-4-8(10)5-7/h1-10,22-23H,11H2;2-5,10H,1H3. The summed E-state index contributed by atoms with van der Waals surface area (Å²) >= 11 is 1.46. The molecule has 0 amide bonds. The van der Waals surface area contributed by atoms with Gasteiger partial charge in [0.1, 0.15) is 17.2 Å². The lowest BCUT2D eigenvalue weighted by Gasteiger charge is -2.09. The fourth-order valence-electron chi connectivity index (χ4n) is 3.76. The summed E-state index contributed by atoms with van der Waals surface area (Å²) in [6, 6.07) is 22.7. The molecular formula is C29H22O6S. The highest BCUT2D eigenvalue weighted by Crippen LogP contribution is 2.32. The minimum absolute atomic E-state index is 0.0316. The van der Waals surface area contributed by atoms with E-state index >= 15 is 0 Å². The van der Waals surface area contributed by atoms with Crippen molar-refractivity contribution >= 4 is 43.1 Å². The first kappa shape index (κ1) is 24.6. The number of hydrogen-bond donors (Lipinski definition) is 3. The van der Waals surface area contributed by atoms with Crippen LogP contribution < -0.4 is 5.43 Å². The first-order chi connectivity index (χ1) is 17.2. The van der Waals surface area contributed by atoms with Crippen LogP contribution in [0, 0.1) is 0 Å². The number of phenolic OH excluding ortho intramolecular Hbond substituents is 3. The van der Waals surface area contributed by atoms with Gasteiger partial charge in [0, 0.05) is 43.3 Å². The fourth-order valence-corrected chi connectivity index (χ4v) is 4.87. The van der Waals surface area contributed by atoms with E-state index in [0.29, 0.717) is 27.5 Å². The van der Waals surface area contributed by atoms with Crippen molar-refractivity contribution in [2.45, 2.75) is 13.3 Å². The number of ketones is 2. The Morgan fingerprint density at radius 1 is 0.750 bits per heavy atom. The number of phenols is 3. The zero-order valence-electron chi connectivity index (χ0n) is 19.3. The minimum Gasteiger partial charge on any atom is -0.508 e. The van der Waals surface area contributed by atoms with Gasteiger partial charge in [0.05, 0.1) is 0 Å². The molecule has 0 unspecified atom stereocenters. The molecule has 0 bridgehead atoms. The van der Waals surface area contributed by atoms with Crippen LogP contribution in [0.5, 0.6) is 17.2 Å². The van der Waals surface area contributed by atoms with Crippen molar-refractivity contribution in [3.05, 3.63) is 112 Å². The summed E-state index contributed by atoms with van der Waals surface area (Å²) in [7, 11) is 0. The van der Waals surface area contributed by atoms with E-state index in [0.717, 1.165) is 9.40 Å². The molecule has 0 aliphatic rings. The average Bonchev–Trinajstić information content (AvgIpc) is 2.86. The first-order valence-corrected chi connectivity index (χ1v) is 11.8. The Balaban J connectivity index is 0.000000256. The van der Waals surface area contributed by atoms with Gasteiger partial charge in [0.2, 0.25) is 0 Å². The lowest BCUT2D eigenvalue weighted by Crippen LogP contribution is -2.09. The van der Waals surface area contributed by atoms with Crippen molar-refractivity contribution in [1.29, 1.82) is 0 Å². The summed E-state index contributed by atoms with van der Waals surface area (Å²) < 4.78 is 1.60. The summed E-state index contributed by atoms with van der Waals surface area (Å²) in [5.74, 6) is -0.122. The highest BCUT2D eigenvalue weighted by Gasteiger charge is 2.17. The Hall–Kier alpha value is -4.49. The SMILES string of the molecule is CC(=O)c1cccc(O)c1.O=C(Cc1c(O)ccc2sc3ccccc3c(=O)c12)c1ccc(O)cc1. The van der Waals surface area contributed by atoms with E-state index in [1.165, 1.54) is 60.7 Å². The molecule has 0 spiro atoms. The van der Waals surface area contributed by atoms with Crippen LogP contribution in [0.3, 0.4) is 0 Å². The van der Waals surface area contributed by atoms with Gasteiger partial charge in [0.25, 0.3) is 0 Å². The second kappa shape index (κ2) is 10.4. The molecule has 0 aliphatic heterocycles. The predicted octanol–water partition coefficient (Wildman–Crippen LogP) is 5.85. The largest absolute Gasteiger partial charge is 0.508 e. The molecule has 1 heterocycles. The van der Waals surface area contributed by atoms with Gasteiger partial charge in [-0.25, -0.2) is 0 Å². The maximum absolute atomic E-state index is 13.0. The maximum atomic E-state index is 13.0. The van der Waals surface area contributed by atoms with Gasteiger partial charge in [-0.3, -0.25) is 14.4 Å². The molecule has 7 heteroatoms. The summed E-state index contributed by atoms with van der Waals surface area (Å²) in [6.07, 6.45) is -0.0890. The molecule has 0 fully saturated rings. The molecular weight excluding hydrogens is 476 g/mol. The second-order valence-electron chi connectivity index (χ2n) is 8.12. The quantitative estimate of drug-likeness (QED) is 0.212. The van der Waals surface area contributed by atoms with Crippen molar-refractivity contribution in [2.75, 3.05) is 0 Å². The van der Waals surface area contributed by atoms with Gasteiger partial charge in [-0.15, -0.1) is 11.3 Å². The molecule has 5 aromatic rings. The van der Waals surface area contributed by atoms with Crippen LogP contribution in [0.15, 0.2) is 89.7 Å². The number of hydrogen-bond acceptors (Lipinski definition) is 7. The summed E-state index contributed by atoms with van der Waals surface area (Å²) in [4.78, 5) is 36.3. The maximum Gasteiger partial charge on any atom is 0.196 e. The first-order valence-electron chi connectivity index (χ1n) is 11.0. The molecule has 36 heavy (non-hydrogen) atoms. The number of carbonyl (C=O) groups is 2. The Bertz CT molecular complexity index is 1650. The molecule has 3 N–H and O–H groups in total. The van der Waals surface area contributed by atoms with E-state index in [1.54, 1.807) is 30.3 Å². The van der Waals surface area contributed by atoms with Gasteiger partial charge < -0.3 is 15.3 Å². The van der Waals surface area contributed by atoms with Gasteiger partial charge >= 0.3 is 0 Å². The third-order valence-corrected chi connectivity index (χ3v) is 6.74. The Labute approximate surface area is 210 Å². The fraction of sp³-hybridized carbons (Fsp3) is 0.0690. The number of benzene rings is 4. The van der Waals surface area contributed by atoms with Gasteiger partial charge in [0.15, 0.2) is 17.0 Å². The molecule has 180 valence electrons. The molecule has 0 aliphatic carbocycles. The number of fused-ring (bicyclic) bond motifs is 2. The van der Waals surface area contributed by atoms with Crippen LogP contribution in [0.25, 0.3) is 20.2 Å². The number of Topliss-reactive ketones (excluding diaryl/α,β-unsaturated/α-hetero) is 2. The number of aromatic hydroxyl groups is 3. The minimum atomic E-state index is -0.231. The van der Waals surface area contributed by atoms with Crippen molar-refractivity contribution in [1.82, 2.24) is 0 Å². The van der Waals surface area contributed by atoms with E-state index in [1.807, 2.05) is 12.1 Å². The zero-order chi connectivity index (χ0) is 25.8. The molecule has 0 saturated heterocycles. The highest BCUT2D eigenvalue weighted by atomic mass is 32.1. The molecule has 1 aromatic heterocycles. The van der Waals surface area contributed by atoms with Crippen molar-refractivity contribution in [3.63, 3.8) is 0 Å². The number of rotatable bonds is 4. The van der Waals surface area contributed by atoms with E-state index < -0.39 is 0 Å². The van der Waals surface area contributed by atoms with Crippen LogP contribution in [0.2, 0.25) is 0 Å². The average molecular weight is 499 g/mol. The van der Waals surface area contributed by atoms with Gasteiger partial charge in [-0.1, -0.05) is 24.3 Å².